The average Bonchev–Trinajstić information content (AvgIpc) is 3.13. The Hall–Kier alpha value is -3.73. The summed E-state index contributed by atoms with van der Waals surface area (Å²) >= 11 is 0. The summed E-state index contributed by atoms with van der Waals surface area (Å²) in [7, 11) is 1.31. The molecule has 4 aliphatic rings. The van der Waals surface area contributed by atoms with Crippen LogP contribution in [0.5, 0.6) is 0 Å². The molecule has 0 saturated carbocycles. The van der Waals surface area contributed by atoms with Gasteiger partial charge in [-0.1, -0.05) is 68.4 Å². The smallest absolute Gasteiger partial charge is 0.337 e. The molecule has 3 aromatic carbocycles. The second-order valence-electron chi connectivity index (χ2n) is 9.51. The molecule has 2 atom stereocenters. The maximum atomic E-state index is 14.0. The third kappa shape index (κ3) is 2.20. The van der Waals surface area contributed by atoms with E-state index < -0.39 is 28.6 Å². The molecule has 3 aliphatic carbocycles. The van der Waals surface area contributed by atoms with Crippen LogP contribution in [0.25, 0.3) is 0 Å². The van der Waals surface area contributed by atoms with Crippen LogP contribution >= 0.6 is 0 Å². The van der Waals surface area contributed by atoms with Crippen molar-refractivity contribution in [1.82, 2.24) is 0 Å². The molecule has 0 N–H and O–H groups in total. The van der Waals surface area contributed by atoms with Crippen molar-refractivity contribution in [3.05, 3.63) is 101 Å². The number of imide groups is 1. The first-order valence-corrected chi connectivity index (χ1v) is 11.1. The summed E-state index contributed by atoms with van der Waals surface area (Å²) in [5, 5.41) is 0. The minimum absolute atomic E-state index is 0.218. The molecule has 3 aromatic rings. The van der Waals surface area contributed by atoms with Gasteiger partial charge in [0.1, 0.15) is 0 Å². The molecule has 5 heteroatoms. The Morgan fingerprint density at radius 3 is 1.64 bits per heavy atom. The van der Waals surface area contributed by atoms with Gasteiger partial charge in [0.15, 0.2) is 0 Å². The van der Waals surface area contributed by atoms with E-state index >= 15 is 0 Å². The van der Waals surface area contributed by atoms with E-state index in [1.54, 1.807) is 24.3 Å². The van der Waals surface area contributed by atoms with Crippen molar-refractivity contribution in [2.45, 2.75) is 24.7 Å². The number of rotatable bonds is 2. The lowest BCUT2D eigenvalue weighted by molar-refractivity contribution is -0.124. The van der Waals surface area contributed by atoms with Crippen molar-refractivity contribution < 1.29 is 19.1 Å². The first-order chi connectivity index (χ1) is 15.8. The quantitative estimate of drug-likeness (QED) is 0.445. The second kappa shape index (κ2) is 6.41. The van der Waals surface area contributed by atoms with E-state index in [0.717, 1.165) is 22.3 Å². The first-order valence-electron chi connectivity index (χ1n) is 11.1. The zero-order chi connectivity index (χ0) is 23.1. The van der Waals surface area contributed by atoms with Gasteiger partial charge < -0.3 is 4.74 Å². The summed E-state index contributed by atoms with van der Waals surface area (Å²) in [6.07, 6.45) is 0. The number of ether oxygens (including phenoxy) is 1. The zero-order valence-corrected chi connectivity index (χ0v) is 18.7. The summed E-state index contributed by atoms with van der Waals surface area (Å²) < 4.78 is 4.84. The van der Waals surface area contributed by atoms with Gasteiger partial charge in [0.05, 0.1) is 30.2 Å². The number of hydrogen-bond donors (Lipinski definition) is 0. The molecule has 0 radical (unpaired) electrons. The van der Waals surface area contributed by atoms with Crippen LogP contribution in [0.2, 0.25) is 0 Å². The molecule has 0 spiro atoms. The second-order valence-corrected chi connectivity index (χ2v) is 9.51. The highest BCUT2D eigenvalue weighted by Gasteiger charge is 2.70. The molecule has 164 valence electrons. The minimum Gasteiger partial charge on any atom is -0.465 e. The fourth-order valence-electron chi connectivity index (χ4n) is 6.71. The number of amides is 2. The van der Waals surface area contributed by atoms with Gasteiger partial charge in [-0.15, -0.1) is 0 Å². The molecule has 33 heavy (non-hydrogen) atoms. The predicted molar refractivity (Wildman–Crippen MR) is 123 cm³/mol. The number of anilines is 1. The zero-order valence-electron chi connectivity index (χ0n) is 18.7. The average molecular weight is 437 g/mol. The van der Waals surface area contributed by atoms with Gasteiger partial charge in [-0.2, -0.15) is 0 Å². The highest BCUT2D eigenvalue weighted by molar-refractivity contribution is 6.24. The molecular formula is C28H23NO4. The topological polar surface area (TPSA) is 63.7 Å². The molecule has 2 amide bonds. The van der Waals surface area contributed by atoms with Gasteiger partial charge in [0.25, 0.3) is 0 Å². The van der Waals surface area contributed by atoms with Crippen molar-refractivity contribution in [1.29, 1.82) is 0 Å². The molecule has 0 aromatic heterocycles. The van der Waals surface area contributed by atoms with E-state index in [1.807, 2.05) is 24.3 Å². The summed E-state index contributed by atoms with van der Waals surface area (Å²) in [6.45, 7) is 4.20. The fraction of sp³-hybridized carbons (Fsp3) is 0.250. The van der Waals surface area contributed by atoms with Gasteiger partial charge >= 0.3 is 5.97 Å². The minimum atomic E-state index is -0.628. The van der Waals surface area contributed by atoms with Gasteiger partial charge in [0.2, 0.25) is 11.8 Å². The Balaban J connectivity index is 1.60. The number of benzene rings is 3. The van der Waals surface area contributed by atoms with Crippen LogP contribution in [0.3, 0.4) is 0 Å². The molecule has 1 heterocycles. The number of esters is 1. The van der Waals surface area contributed by atoms with E-state index in [1.165, 1.54) is 12.0 Å². The maximum absolute atomic E-state index is 14.0. The van der Waals surface area contributed by atoms with Crippen LogP contribution in [-0.4, -0.2) is 24.9 Å². The van der Waals surface area contributed by atoms with Crippen LogP contribution in [-0.2, 0) is 25.2 Å². The van der Waals surface area contributed by atoms with Gasteiger partial charge in [-0.3, -0.25) is 9.59 Å². The van der Waals surface area contributed by atoms with Gasteiger partial charge in [-0.05, 0) is 40.5 Å². The summed E-state index contributed by atoms with van der Waals surface area (Å²) in [4.78, 5) is 41.5. The number of methoxy groups -OCH3 is 1. The van der Waals surface area contributed by atoms with E-state index in [9.17, 15) is 14.4 Å². The molecule has 1 fully saturated rings. The van der Waals surface area contributed by atoms with Crippen LogP contribution in [0, 0.1) is 11.8 Å². The van der Waals surface area contributed by atoms with Gasteiger partial charge in [-0.25, -0.2) is 9.69 Å². The van der Waals surface area contributed by atoms with E-state index in [0.29, 0.717) is 11.3 Å². The number of carbonyl (C=O) groups excluding carboxylic acids is 3. The monoisotopic (exact) mass is 437 g/mol. The van der Waals surface area contributed by atoms with Crippen LogP contribution in [0.4, 0.5) is 5.69 Å². The van der Waals surface area contributed by atoms with Crippen molar-refractivity contribution in [3.8, 4) is 0 Å². The molecule has 1 saturated heterocycles. The number of nitrogens with zero attached hydrogens (tertiary/aromatic N) is 1. The van der Waals surface area contributed by atoms with E-state index in [-0.39, 0.29) is 11.8 Å². The standard InChI is InChI=1S/C28H23NO4/c1-27-18-11-4-6-13-20(18)28(2,21-14-7-5-12-19(21)27)23-22(27)24(30)29(25(23)31)17-10-8-9-16(15-17)26(32)33-3/h4-15,22-23H,1-3H3/t22-,23+,27?,28?. The van der Waals surface area contributed by atoms with Crippen molar-refractivity contribution in [2.24, 2.45) is 11.8 Å². The first kappa shape index (κ1) is 19.9. The lowest BCUT2D eigenvalue weighted by atomic mass is 9.42. The Bertz CT molecular complexity index is 1250. The van der Waals surface area contributed by atoms with E-state index in [4.69, 9.17) is 4.74 Å². The Morgan fingerprint density at radius 2 is 1.21 bits per heavy atom. The summed E-state index contributed by atoms with van der Waals surface area (Å²) in [5.74, 6) is -2.00. The third-order valence-electron chi connectivity index (χ3n) is 8.17. The third-order valence-corrected chi connectivity index (χ3v) is 8.17. The summed E-state index contributed by atoms with van der Waals surface area (Å²) in [5.41, 5.74) is 3.89. The number of hydrogen-bond acceptors (Lipinski definition) is 4. The van der Waals surface area contributed by atoms with Crippen molar-refractivity contribution >= 4 is 23.5 Å². The SMILES string of the molecule is COC(=O)c1cccc(N2C(=O)[C@@H]3[C@H](C2=O)C2(C)c4ccccc4C3(C)c3ccccc32)c1. The predicted octanol–water partition coefficient (Wildman–Crippen LogP) is 4.22. The largest absolute Gasteiger partial charge is 0.465 e. The maximum Gasteiger partial charge on any atom is 0.337 e. The molecule has 7 rings (SSSR count). The molecule has 1 aliphatic heterocycles. The Labute approximate surface area is 192 Å². The van der Waals surface area contributed by atoms with Crippen molar-refractivity contribution in [2.75, 3.05) is 12.0 Å². The fourth-order valence-corrected chi connectivity index (χ4v) is 6.71. The Morgan fingerprint density at radius 1 is 0.758 bits per heavy atom. The number of carbonyl (C=O) groups is 3. The molecule has 2 bridgehead atoms. The normalized spacial score (nSPS) is 28.9. The summed E-state index contributed by atoms with van der Waals surface area (Å²) in [6, 6.07) is 23.0. The Kier molecular flexibility index (Phi) is 3.87. The highest BCUT2D eigenvalue weighted by atomic mass is 16.5. The molecular weight excluding hydrogens is 414 g/mol. The van der Waals surface area contributed by atoms with Crippen LogP contribution in [0.1, 0.15) is 46.5 Å². The molecule has 0 unspecified atom stereocenters. The molecule has 5 nitrogen and oxygen atoms in total. The lowest BCUT2D eigenvalue weighted by Gasteiger charge is -2.57. The van der Waals surface area contributed by atoms with Crippen LogP contribution < -0.4 is 4.90 Å². The van der Waals surface area contributed by atoms with Crippen molar-refractivity contribution in [3.63, 3.8) is 0 Å². The van der Waals surface area contributed by atoms with Gasteiger partial charge in [0, 0.05) is 10.8 Å². The highest BCUT2D eigenvalue weighted by Crippen LogP contribution is 2.66. The van der Waals surface area contributed by atoms with E-state index in [2.05, 4.69) is 38.1 Å². The lowest BCUT2D eigenvalue weighted by Crippen LogP contribution is -2.59. The van der Waals surface area contributed by atoms with Crippen LogP contribution in [0.15, 0.2) is 72.8 Å².